The summed E-state index contributed by atoms with van der Waals surface area (Å²) in [6.07, 6.45) is 5.40. The molecule has 1 N–H and O–H groups in total. The summed E-state index contributed by atoms with van der Waals surface area (Å²) in [4.78, 5) is 0. The molecule has 0 rings (SSSR count). The second-order valence-electron chi connectivity index (χ2n) is 3.68. The Morgan fingerprint density at radius 3 is 1.67 bits per heavy atom. The van der Waals surface area contributed by atoms with E-state index in [2.05, 4.69) is 34.1 Å². The molecule has 0 atom stereocenters. The zero-order valence-corrected chi connectivity index (χ0v) is 9.83. The van der Waals surface area contributed by atoms with Crippen LogP contribution in [0, 0.1) is 24.4 Å². The van der Waals surface area contributed by atoms with E-state index < -0.39 is 0 Å². The van der Waals surface area contributed by atoms with Gasteiger partial charge in [0, 0.05) is 0 Å². The Morgan fingerprint density at radius 1 is 1.25 bits per heavy atom. The third kappa shape index (κ3) is 22.5. The van der Waals surface area contributed by atoms with Crippen molar-refractivity contribution in [2.75, 3.05) is 0 Å². The molecule has 2 heteroatoms. The van der Waals surface area contributed by atoms with Gasteiger partial charge in [0.25, 0.3) is 0 Å². The SMILES string of the molecule is C#CO.CC(C)[CH2][Al+][CH2]C(C)C.[H-]. The maximum atomic E-state index is 7.10. The van der Waals surface area contributed by atoms with Gasteiger partial charge in [-0.05, 0) is 0 Å². The third-order valence-corrected chi connectivity index (χ3v) is 3.83. The molecule has 0 aromatic heterocycles. The van der Waals surface area contributed by atoms with Gasteiger partial charge >= 0.3 is 65.3 Å². The molecular formula is C10H21AlO. The summed E-state index contributed by atoms with van der Waals surface area (Å²) in [6.45, 7) is 9.25. The van der Waals surface area contributed by atoms with Crippen molar-refractivity contribution < 1.29 is 6.53 Å². The molecule has 0 aromatic carbocycles. The monoisotopic (exact) mass is 184 g/mol. The molecule has 0 unspecified atom stereocenters. The summed E-state index contributed by atoms with van der Waals surface area (Å²) in [5, 5.41) is 10.1. The number of terminal acetylenes is 1. The molecule has 0 bridgehead atoms. The van der Waals surface area contributed by atoms with Crippen LogP contribution in [-0.4, -0.2) is 20.3 Å². The van der Waals surface area contributed by atoms with Crippen molar-refractivity contribution in [3.8, 4) is 12.5 Å². The minimum Gasteiger partial charge on any atom is -1.00 e. The Balaban J connectivity index is -0.000000220. The smallest absolute Gasteiger partial charge is 1.00 e. The van der Waals surface area contributed by atoms with E-state index >= 15 is 0 Å². The molecule has 0 aliphatic carbocycles. The van der Waals surface area contributed by atoms with Crippen molar-refractivity contribution in [1.82, 2.24) is 0 Å². The normalized spacial score (nSPS) is 8.42. The van der Waals surface area contributed by atoms with E-state index in [0.717, 1.165) is 27.1 Å². The van der Waals surface area contributed by atoms with E-state index in [1.165, 1.54) is 16.7 Å². The topological polar surface area (TPSA) is 20.2 Å². The average molecular weight is 184 g/mol. The van der Waals surface area contributed by atoms with Gasteiger partial charge in [-0.3, -0.25) is 0 Å². The van der Waals surface area contributed by atoms with Gasteiger partial charge in [-0.25, -0.2) is 0 Å². The van der Waals surface area contributed by atoms with Crippen LogP contribution in [0.5, 0.6) is 0 Å². The molecule has 0 heterocycles. The van der Waals surface area contributed by atoms with Crippen LogP contribution >= 0.6 is 0 Å². The Labute approximate surface area is 84.8 Å². The second kappa shape index (κ2) is 10.9. The zero-order valence-electron chi connectivity index (χ0n) is 9.67. The summed E-state index contributed by atoms with van der Waals surface area (Å²) < 4.78 is 0. The fourth-order valence-corrected chi connectivity index (χ4v) is 2.29. The van der Waals surface area contributed by atoms with Crippen LogP contribution in [0.3, 0.4) is 0 Å². The maximum Gasteiger partial charge on any atom is -1.00 e. The van der Waals surface area contributed by atoms with Gasteiger partial charge in [0.1, 0.15) is 6.11 Å². The van der Waals surface area contributed by atoms with Crippen LogP contribution in [-0.2, 0) is 0 Å². The Kier molecular flexibility index (Phi) is 13.1. The first-order chi connectivity index (χ1) is 5.54. The molecule has 0 aliphatic rings. The fraction of sp³-hybridized carbons (Fsp3) is 0.800. The predicted octanol–water partition coefficient (Wildman–Crippen LogP) is 2.90. The molecule has 0 aromatic rings. The molecule has 0 fully saturated rings. The van der Waals surface area contributed by atoms with Crippen LogP contribution in [0.4, 0.5) is 0 Å². The molecule has 0 amide bonds. The summed E-state index contributed by atoms with van der Waals surface area (Å²) in [6, 6.07) is 0. The van der Waals surface area contributed by atoms with Crippen LogP contribution in [0.1, 0.15) is 29.1 Å². The van der Waals surface area contributed by atoms with Gasteiger partial charge in [0.15, 0.2) is 0 Å². The molecule has 0 aliphatic heterocycles. The maximum absolute atomic E-state index is 7.10. The van der Waals surface area contributed by atoms with E-state index in [1.54, 1.807) is 0 Å². The van der Waals surface area contributed by atoms with Crippen molar-refractivity contribution in [3.05, 3.63) is 0 Å². The van der Waals surface area contributed by atoms with Crippen LogP contribution < -0.4 is 0 Å². The van der Waals surface area contributed by atoms with Gasteiger partial charge in [-0.2, -0.15) is 0 Å². The number of aliphatic hydroxyl groups excluding tert-OH is 1. The Bertz CT molecular complexity index is 111. The van der Waals surface area contributed by atoms with Crippen LogP contribution in [0.15, 0.2) is 0 Å². The van der Waals surface area contributed by atoms with Crippen molar-refractivity contribution >= 4 is 15.2 Å². The summed E-state index contributed by atoms with van der Waals surface area (Å²) in [7, 11) is 0. The Morgan fingerprint density at radius 2 is 1.50 bits per heavy atom. The summed E-state index contributed by atoms with van der Waals surface area (Å²) in [5.74, 6) is 1.86. The van der Waals surface area contributed by atoms with Gasteiger partial charge < -0.3 is 6.53 Å². The molecule has 0 saturated heterocycles. The molecule has 0 saturated carbocycles. The molecular weight excluding hydrogens is 163 g/mol. The second-order valence-corrected chi connectivity index (χ2v) is 5.20. The van der Waals surface area contributed by atoms with Crippen molar-refractivity contribution in [3.63, 3.8) is 0 Å². The van der Waals surface area contributed by atoms with E-state index in [4.69, 9.17) is 5.11 Å². The van der Waals surface area contributed by atoms with E-state index in [-0.39, 0.29) is 1.43 Å². The summed E-state index contributed by atoms with van der Waals surface area (Å²) in [5.41, 5.74) is 0. The van der Waals surface area contributed by atoms with E-state index in [9.17, 15) is 0 Å². The molecule has 0 radical (unpaired) electrons. The van der Waals surface area contributed by atoms with Gasteiger partial charge in [-0.1, -0.05) is 6.42 Å². The standard InChI is InChI=1S/2C4H9.C2H2O.Al.H/c2*1-4(2)3;1-2-3;;/h2*4H,1H2,2-3H3;1,3H;;/q;;;+1;-1. The van der Waals surface area contributed by atoms with Crippen molar-refractivity contribution in [2.24, 2.45) is 11.8 Å². The van der Waals surface area contributed by atoms with Crippen LogP contribution in [0.2, 0.25) is 10.6 Å². The molecule has 0 spiro atoms. The minimum absolute atomic E-state index is 0. The average Bonchev–Trinajstić information content (AvgIpc) is 1.87. The van der Waals surface area contributed by atoms with Crippen molar-refractivity contribution in [1.29, 1.82) is 0 Å². The zero-order chi connectivity index (χ0) is 9.98. The Hall–Kier alpha value is -0.108. The number of rotatable bonds is 4. The fourth-order valence-electron chi connectivity index (χ4n) is 0.763. The number of hydrogen-bond donors (Lipinski definition) is 1. The van der Waals surface area contributed by atoms with E-state index in [0.29, 0.717) is 0 Å². The van der Waals surface area contributed by atoms with Gasteiger partial charge in [0.2, 0.25) is 0 Å². The first kappa shape index (κ1) is 14.4. The molecule has 12 heavy (non-hydrogen) atoms. The summed E-state index contributed by atoms with van der Waals surface area (Å²) >= 11 is 0.755. The molecule has 70 valence electrons. The third-order valence-electron chi connectivity index (χ3n) is 1.28. The minimum atomic E-state index is 0. The molecule has 1 nitrogen and oxygen atoms in total. The van der Waals surface area contributed by atoms with Crippen molar-refractivity contribution in [2.45, 2.75) is 38.3 Å². The quantitative estimate of drug-likeness (QED) is 0.526. The van der Waals surface area contributed by atoms with Crippen LogP contribution in [0.25, 0.3) is 0 Å². The first-order valence-corrected chi connectivity index (χ1v) is 6.09. The largest absolute Gasteiger partial charge is 1.00 e. The van der Waals surface area contributed by atoms with Gasteiger partial charge in [0.05, 0.1) is 0 Å². The number of aliphatic hydroxyl groups is 1. The predicted molar refractivity (Wildman–Crippen MR) is 56.9 cm³/mol. The number of hydrogen-bond acceptors (Lipinski definition) is 1. The first-order valence-electron chi connectivity index (χ1n) is 4.45. The van der Waals surface area contributed by atoms with E-state index in [1.807, 2.05) is 0 Å². The van der Waals surface area contributed by atoms with Gasteiger partial charge in [-0.15, -0.1) is 0 Å².